The summed E-state index contributed by atoms with van der Waals surface area (Å²) in [6.07, 6.45) is 0. The molecular weight excluding hydrogens is 401 g/mol. The van der Waals surface area contributed by atoms with Gasteiger partial charge in [-0.1, -0.05) is 30.3 Å². The van der Waals surface area contributed by atoms with Crippen LogP contribution in [0.25, 0.3) is 0 Å². The molecule has 8 nitrogen and oxygen atoms in total. The zero-order chi connectivity index (χ0) is 22.2. The number of carbonyl (C=O) groups is 3. The first kappa shape index (κ1) is 22.2. The van der Waals surface area contributed by atoms with Crippen LogP contribution in [0.3, 0.4) is 0 Å². The number of nitrogens with one attached hydrogen (secondary N) is 3. The molecule has 1 unspecified atom stereocenters. The van der Waals surface area contributed by atoms with E-state index in [0.717, 1.165) is 5.56 Å². The Bertz CT molecular complexity index is 899. The molecule has 1 aliphatic rings. The highest BCUT2D eigenvalue weighted by Gasteiger charge is 2.28. The molecule has 31 heavy (non-hydrogen) atoms. The zero-order valence-electron chi connectivity index (χ0n) is 17.3. The van der Waals surface area contributed by atoms with E-state index in [0.29, 0.717) is 38.4 Å². The third-order valence-electron chi connectivity index (χ3n) is 5.16. The molecule has 1 saturated heterocycles. The number of imide groups is 1. The molecule has 2 aromatic rings. The Labute approximate surface area is 180 Å². The van der Waals surface area contributed by atoms with Crippen LogP contribution in [0, 0.1) is 5.82 Å². The van der Waals surface area contributed by atoms with Crippen LogP contribution in [0.2, 0.25) is 0 Å². The predicted molar refractivity (Wildman–Crippen MR) is 115 cm³/mol. The van der Waals surface area contributed by atoms with E-state index in [1.165, 1.54) is 24.3 Å². The lowest BCUT2D eigenvalue weighted by atomic mass is 10.2. The van der Waals surface area contributed by atoms with Crippen molar-refractivity contribution >= 4 is 23.7 Å². The Hall–Kier alpha value is -3.46. The summed E-state index contributed by atoms with van der Waals surface area (Å²) in [6, 6.07) is 13.6. The Balaban J connectivity index is 1.40. The molecule has 1 atom stereocenters. The number of carbonyl (C=O) groups excluding carboxylic acids is 3. The molecule has 0 spiro atoms. The van der Waals surface area contributed by atoms with Crippen molar-refractivity contribution in [1.82, 2.24) is 20.4 Å². The second kappa shape index (κ2) is 10.5. The zero-order valence-corrected chi connectivity index (χ0v) is 17.3. The van der Waals surface area contributed by atoms with Crippen molar-refractivity contribution in [1.29, 1.82) is 0 Å². The highest BCUT2D eigenvalue weighted by molar-refractivity contribution is 5.96. The first-order chi connectivity index (χ1) is 14.9. The van der Waals surface area contributed by atoms with E-state index in [1.54, 1.807) is 11.8 Å². The number of nitrogens with zero attached hydrogens (tertiary/aromatic N) is 2. The highest BCUT2D eigenvalue weighted by atomic mass is 19.1. The fraction of sp³-hybridized carbons (Fsp3) is 0.318. The van der Waals surface area contributed by atoms with Gasteiger partial charge in [-0.05, 0) is 36.8 Å². The maximum absolute atomic E-state index is 13.0. The summed E-state index contributed by atoms with van der Waals surface area (Å²) in [7, 11) is 0. The van der Waals surface area contributed by atoms with Gasteiger partial charge in [0.1, 0.15) is 5.82 Å². The van der Waals surface area contributed by atoms with Gasteiger partial charge in [-0.25, -0.2) is 14.0 Å². The molecule has 1 heterocycles. The van der Waals surface area contributed by atoms with E-state index in [-0.39, 0.29) is 11.8 Å². The average Bonchev–Trinajstić information content (AvgIpc) is 2.79. The molecule has 1 fully saturated rings. The van der Waals surface area contributed by atoms with Crippen molar-refractivity contribution in [2.75, 3.05) is 31.5 Å². The smallest absolute Gasteiger partial charge is 0.321 e. The van der Waals surface area contributed by atoms with Crippen molar-refractivity contribution in [3.8, 4) is 0 Å². The van der Waals surface area contributed by atoms with Gasteiger partial charge in [-0.2, -0.15) is 0 Å². The van der Waals surface area contributed by atoms with Gasteiger partial charge < -0.3 is 15.5 Å². The molecule has 3 rings (SSSR count). The van der Waals surface area contributed by atoms with Crippen LogP contribution in [-0.4, -0.2) is 60.0 Å². The van der Waals surface area contributed by atoms with Crippen LogP contribution < -0.4 is 16.0 Å². The Morgan fingerprint density at radius 1 is 0.968 bits per heavy atom. The lowest BCUT2D eigenvalue weighted by Gasteiger charge is -2.37. The first-order valence-electron chi connectivity index (χ1n) is 10.1. The van der Waals surface area contributed by atoms with Crippen molar-refractivity contribution in [2.24, 2.45) is 0 Å². The summed E-state index contributed by atoms with van der Waals surface area (Å²) >= 11 is 0. The number of anilines is 1. The topological polar surface area (TPSA) is 93.8 Å². The number of rotatable bonds is 5. The minimum absolute atomic E-state index is 0.274. The van der Waals surface area contributed by atoms with E-state index in [4.69, 9.17) is 0 Å². The van der Waals surface area contributed by atoms with Crippen molar-refractivity contribution < 1.29 is 18.8 Å². The molecule has 9 heteroatoms. The minimum Gasteiger partial charge on any atom is -0.334 e. The van der Waals surface area contributed by atoms with E-state index in [9.17, 15) is 18.8 Å². The normalized spacial score (nSPS) is 15.1. The largest absolute Gasteiger partial charge is 0.334 e. The van der Waals surface area contributed by atoms with Crippen molar-refractivity contribution in [2.45, 2.75) is 19.5 Å². The molecule has 0 saturated carbocycles. The highest BCUT2D eigenvalue weighted by Crippen LogP contribution is 2.12. The number of urea groups is 2. The number of hydrogen-bond acceptors (Lipinski definition) is 4. The Morgan fingerprint density at radius 2 is 1.61 bits per heavy atom. The molecule has 164 valence electrons. The summed E-state index contributed by atoms with van der Waals surface area (Å²) in [5, 5.41) is 7.76. The molecule has 0 radical (unpaired) electrons. The number of amides is 5. The van der Waals surface area contributed by atoms with Gasteiger partial charge in [0.05, 0.1) is 6.04 Å². The summed E-state index contributed by atoms with van der Waals surface area (Å²) in [5.41, 5.74) is 1.45. The standard InChI is InChI=1S/C22H26FN5O3/c1-16(20(29)26-21(30)24-15-17-5-3-2-4-6-17)27-11-13-28(14-12-27)22(31)25-19-9-7-18(23)8-10-19/h2-10,16H,11-15H2,1H3,(H,25,31)(H2,24,26,29,30). The number of piperazine rings is 1. The second-order valence-electron chi connectivity index (χ2n) is 7.29. The SMILES string of the molecule is CC(C(=O)NC(=O)NCc1ccccc1)N1CCN(C(=O)Nc2ccc(F)cc2)CC1. The lowest BCUT2D eigenvalue weighted by molar-refractivity contribution is -0.125. The van der Waals surface area contributed by atoms with Gasteiger partial charge in [0.2, 0.25) is 5.91 Å². The van der Waals surface area contributed by atoms with Crippen molar-refractivity contribution in [3.05, 3.63) is 66.0 Å². The predicted octanol–water partition coefficient (Wildman–Crippen LogP) is 2.39. The average molecular weight is 427 g/mol. The third-order valence-corrected chi connectivity index (χ3v) is 5.16. The van der Waals surface area contributed by atoms with Crippen LogP contribution in [0.1, 0.15) is 12.5 Å². The van der Waals surface area contributed by atoms with Gasteiger partial charge in [-0.3, -0.25) is 15.0 Å². The summed E-state index contributed by atoms with van der Waals surface area (Å²) in [4.78, 5) is 40.3. The van der Waals surface area contributed by atoms with E-state index in [2.05, 4.69) is 16.0 Å². The van der Waals surface area contributed by atoms with Crippen LogP contribution in [0.4, 0.5) is 19.7 Å². The van der Waals surface area contributed by atoms with Gasteiger partial charge in [0.25, 0.3) is 0 Å². The van der Waals surface area contributed by atoms with E-state index in [1.807, 2.05) is 35.2 Å². The molecule has 1 aliphatic heterocycles. The van der Waals surface area contributed by atoms with Crippen LogP contribution in [0.15, 0.2) is 54.6 Å². The third kappa shape index (κ3) is 6.51. The fourth-order valence-corrected chi connectivity index (χ4v) is 3.25. The summed E-state index contributed by atoms with van der Waals surface area (Å²) < 4.78 is 13.0. The molecule has 0 aromatic heterocycles. The van der Waals surface area contributed by atoms with Gasteiger partial charge in [0.15, 0.2) is 0 Å². The Kier molecular flexibility index (Phi) is 7.55. The summed E-state index contributed by atoms with van der Waals surface area (Å²) in [5.74, 6) is -0.762. The van der Waals surface area contributed by atoms with Crippen LogP contribution in [0.5, 0.6) is 0 Å². The van der Waals surface area contributed by atoms with Gasteiger partial charge in [-0.15, -0.1) is 0 Å². The fourth-order valence-electron chi connectivity index (χ4n) is 3.25. The monoisotopic (exact) mass is 427 g/mol. The molecular formula is C22H26FN5O3. The first-order valence-corrected chi connectivity index (χ1v) is 10.1. The van der Waals surface area contributed by atoms with Crippen LogP contribution in [-0.2, 0) is 11.3 Å². The Morgan fingerprint density at radius 3 is 2.26 bits per heavy atom. The quantitative estimate of drug-likeness (QED) is 0.683. The lowest BCUT2D eigenvalue weighted by Crippen LogP contribution is -2.56. The molecule has 0 bridgehead atoms. The maximum Gasteiger partial charge on any atom is 0.321 e. The molecule has 3 N–H and O–H groups in total. The summed E-state index contributed by atoms with van der Waals surface area (Å²) in [6.45, 7) is 3.92. The number of halogens is 1. The number of hydrogen-bond donors (Lipinski definition) is 3. The van der Waals surface area contributed by atoms with E-state index < -0.39 is 18.0 Å². The maximum atomic E-state index is 13.0. The molecule has 5 amide bonds. The molecule has 2 aromatic carbocycles. The minimum atomic E-state index is -0.544. The number of benzene rings is 2. The molecule has 0 aliphatic carbocycles. The van der Waals surface area contributed by atoms with Gasteiger partial charge in [0, 0.05) is 38.4 Å². The van der Waals surface area contributed by atoms with E-state index >= 15 is 0 Å². The van der Waals surface area contributed by atoms with Crippen LogP contribution >= 0.6 is 0 Å². The second-order valence-corrected chi connectivity index (χ2v) is 7.29. The van der Waals surface area contributed by atoms with Gasteiger partial charge >= 0.3 is 12.1 Å². The van der Waals surface area contributed by atoms with Crippen molar-refractivity contribution in [3.63, 3.8) is 0 Å².